The Kier molecular flexibility index (Phi) is 10.4. The van der Waals surface area contributed by atoms with E-state index in [0.29, 0.717) is 19.0 Å². The van der Waals surface area contributed by atoms with Crippen LogP contribution in [-0.4, -0.2) is 74.7 Å². The second-order valence-electron chi connectivity index (χ2n) is 6.82. The summed E-state index contributed by atoms with van der Waals surface area (Å²) in [4.78, 5) is 4.72. The molecule has 0 fully saturated rings. The Labute approximate surface area is 126 Å². The van der Waals surface area contributed by atoms with E-state index in [1.54, 1.807) is 0 Å². The van der Waals surface area contributed by atoms with Gasteiger partial charge in [0.05, 0.1) is 0 Å². The van der Waals surface area contributed by atoms with Crippen LogP contribution in [0.1, 0.15) is 27.7 Å². The minimum Gasteiger partial charge on any atom is -0.329 e. The van der Waals surface area contributed by atoms with Crippen LogP contribution >= 0.6 is 0 Å². The fourth-order valence-electron chi connectivity index (χ4n) is 2.30. The van der Waals surface area contributed by atoms with Crippen LogP contribution in [0, 0.1) is 5.92 Å². The van der Waals surface area contributed by atoms with Crippen molar-refractivity contribution in [1.29, 1.82) is 0 Å². The van der Waals surface area contributed by atoms with Crippen LogP contribution in [0.4, 0.5) is 0 Å². The predicted molar refractivity (Wildman–Crippen MR) is 89.0 cm³/mol. The lowest BCUT2D eigenvalue weighted by molar-refractivity contribution is 0.194. The first-order valence-corrected chi connectivity index (χ1v) is 7.86. The predicted octanol–water partition coefficient (Wildman–Crippen LogP) is 0.162. The smallest absolute Gasteiger partial charge is 0.0252 e. The Morgan fingerprint density at radius 3 is 2.00 bits per heavy atom. The maximum Gasteiger partial charge on any atom is 0.0252 e. The number of likely N-dealkylation sites (N-methyl/N-ethyl adjacent to an activating group) is 1. The summed E-state index contributed by atoms with van der Waals surface area (Å²) in [5, 5.41) is 3.63. The van der Waals surface area contributed by atoms with Gasteiger partial charge in [0.1, 0.15) is 0 Å². The maximum atomic E-state index is 5.63. The molecule has 0 aliphatic heterocycles. The average Bonchev–Trinajstić information content (AvgIpc) is 2.34. The van der Waals surface area contributed by atoms with Crippen LogP contribution in [-0.2, 0) is 0 Å². The fraction of sp³-hybridized carbons (Fsp3) is 1.00. The molecule has 0 aromatic carbocycles. The molecule has 0 unspecified atom stereocenters. The van der Waals surface area contributed by atoms with Crippen molar-refractivity contribution in [3.8, 4) is 0 Å². The lowest BCUT2D eigenvalue weighted by atomic mass is 10.0. The number of nitrogens with zero attached hydrogens (tertiary/aromatic N) is 2. The first-order valence-electron chi connectivity index (χ1n) is 7.86. The highest BCUT2D eigenvalue weighted by Gasteiger charge is 2.19. The van der Waals surface area contributed by atoms with E-state index in [9.17, 15) is 0 Å². The quantitative estimate of drug-likeness (QED) is 0.477. The summed E-state index contributed by atoms with van der Waals surface area (Å²) in [6.07, 6.45) is 0. The molecule has 0 radical (unpaired) electrons. The van der Waals surface area contributed by atoms with Gasteiger partial charge in [0.15, 0.2) is 0 Å². The lowest BCUT2D eigenvalue weighted by Gasteiger charge is -2.33. The summed E-state index contributed by atoms with van der Waals surface area (Å²) >= 11 is 0. The van der Waals surface area contributed by atoms with E-state index in [1.807, 2.05) is 0 Å². The summed E-state index contributed by atoms with van der Waals surface area (Å²) < 4.78 is 0. The van der Waals surface area contributed by atoms with Gasteiger partial charge in [0.2, 0.25) is 0 Å². The standard InChI is InChI=1S/C15H37N5/c1-14(2)12-18-15(3,4)13-19(5)10-11-20(8-6-16)9-7-17/h14,18H,6-13,16-17H2,1-5H3. The molecule has 0 aromatic rings. The van der Waals surface area contributed by atoms with Crippen LogP contribution in [0.3, 0.4) is 0 Å². The highest BCUT2D eigenvalue weighted by molar-refractivity contribution is 4.81. The maximum absolute atomic E-state index is 5.63. The monoisotopic (exact) mass is 287 g/mol. The first-order chi connectivity index (χ1) is 9.30. The second kappa shape index (κ2) is 10.5. The van der Waals surface area contributed by atoms with Crippen LogP contribution in [0.2, 0.25) is 0 Å². The van der Waals surface area contributed by atoms with Gasteiger partial charge in [0.25, 0.3) is 0 Å². The molecule has 20 heavy (non-hydrogen) atoms. The van der Waals surface area contributed by atoms with Gasteiger partial charge in [-0.25, -0.2) is 0 Å². The molecule has 0 atom stereocenters. The van der Waals surface area contributed by atoms with Crippen LogP contribution in [0.25, 0.3) is 0 Å². The Morgan fingerprint density at radius 1 is 1.00 bits per heavy atom. The summed E-state index contributed by atoms with van der Waals surface area (Å²) in [6, 6.07) is 0. The summed E-state index contributed by atoms with van der Waals surface area (Å²) in [5.41, 5.74) is 11.4. The minimum atomic E-state index is 0.144. The number of hydrogen-bond donors (Lipinski definition) is 3. The fourth-order valence-corrected chi connectivity index (χ4v) is 2.30. The summed E-state index contributed by atoms with van der Waals surface area (Å²) in [5.74, 6) is 0.684. The van der Waals surface area contributed by atoms with Gasteiger partial charge < -0.3 is 21.7 Å². The molecule has 0 amide bonds. The van der Waals surface area contributed by atoms with E-state index < -0.39 is 0 Å². The van der Waals surface area contributed by atoms with Crippen molar-refractivity contribution in [2.75, 3.05) is 59.4 Å². The Hall–Kier alpha value is -0.200. The van der Waals surface area contributed by atoms with Crippen molar-refractivity contribution >= 4 is 0 Å². The number of nitrogens with two attached hydrogens (primary N) is 2. The van der Waals surface area contributed by atoms with Crippen molar-refractivity contribution in [1.82, 2.24) is 15.1 Å². The molecule has 0 aromatic heterocycles. The summed E-state index contributed by atoms with van der Waals surface area (Å²) in [7, 11) is 2.18. The van der Waals surface area contributed by atoms with Gasteiger partial charge in [-0.05, 0) is 33.4 Å². The van der Waals surface area contributed by atoms with E-state index >= 15 is 0 Å². The minimum absolute atomic E-state index is 0.144. The average molecular weight is 287 g/mol. The molecular weight excluding hydrogens is 250 g/mol. The van der Waals surface area contributed by atoms with E-state index in [1.165, 1.54) is 0 Å². The molecule has 0 saturated heterocycles. The highest BCUT2D eigenvalue weighted by atomic mass is 15.2. The zero-order valence-electron chi connectivity index (χ0n) is 14.3. The molecule has 5 N–H and O–H groups in total. The number of nitrogens with one attached hydrogen (secondary N) is 1. The zero-order valence-corrected chi connectivity index (χ0v) is 14.3. The van der Waals surface area contributed by atoms with Crippen molar-refractivity contribution in [3.63, 3.8) is 0 Å². The first kappa shape index (κ1) is 19.8. The van der Waals surface area contributed by atoms with Gasteiger partial charge in [-0.2, -0.15) is 0 Å². The molecule has 5 heteroatoms. The Bertz CT molecular complexity index is 224. The van der Waals surface area contributed by atoms with Crippen LogP contribution in [0.15, 0.2) is 0 Å². The van der Waals surface area contributed by atoms with E-state index in [0.717, 1.165) is 39.3 Å². The van der Waals surface area contributed by atoms with Gasteiger partial charge in [-0.1, -0.05) is 13.8 Å². The van der Waals surface area contributed by atoms with Gasteiger partial charge in [-0.15, -0.1) is 0 Å². The third-order valence-electron chi connectivity index (χ3n) is 3.34. The van der Waals surface area contributed by atoms with Crippen LogP contribution < -0.4 is 16.8 Å². The molecule has 0 saturated carbocycles. The molecule has 0 aliphatic rings. The van der Waals surface area contributed by atoms with E-state index in [4.69, 9.17) is 11.5 Å². The topological polar surface area (TPSA) is 70.5 Å². The molecule has 0 aliphatic carbocycles. The van der Waals surface area contributed by atoms with Gasteiger partial charge in [0, 0.05) is 51.4 Å². The van der Waals surface area contributed by atoms with Crippen LogP contribution in [0.5, 0.6) is 0 Å². The van der Waals surface area contributed by atoms with Crippen molar-refractivity contribution < 1.29 is 0 Å². The largest absolute Gasteiger partial charge is 0.329 e. The van der Waals surface area contributed by atoms with Gasteiger partial charge >= 0.3 is 0 Å². The highest BCUT2D eigenvalue weighted by Crippen LogP contribution is 2.05. The molecular formula is C15H37N5. The molecule has 122 valence electrons. The Balaban J connectivity index is 4.03. The summed E-state index contributed by atoms with van der Waals surface area (Å²) in [6.45, 7) is 16.5. The second-order valence-corrected chi connectivity index (χ2v) is 6.82. The lowest BCUT2D eigenvalue weighted by Crippen LogP contribution is -2.50. The molecule has 0 bridgehead atoms. The van der Waals surface area contributed by atoms with Crippen molar-refractivity contribution in [3.05, 3.63) is 0 Å². The molecule has 0 spiro atoms. The van der Waals surface area contributed by atoms with E-state index in [-0.39, 0.29) is 5.54 Å². The van der Waals surface area contributed by atoms with E-state index in [2.05, 4.69) is 49.9 Å². The third-order valence-corrected chi connectivity index (χ3v) is 3.34. The third kappa shape index (κ3) is 10.6. The number of hydrogen-bond acceptors (Lipinski definition) is 5. The van der Waals surface area contributed by atoms with Crippen molar-refractivity contribution in [2.45, 2.75) is 33.2 Å². The number of rotatable bonds is 12. The Morgan fingerprint density at radius 2 is 1.55 bits per heavy atom. The SMILES string of the molecule is CC(C)CNC(C)(C)CN(C)CCN(CCN)CCN. The van der Waals surface area contributed by atoms with Crippen molar-refractivity contribution in [2.24, 2.45) is 17.4 Å². The normalized spacial score (nSPS) is 12.9. The zero-order chi connectivity index (χ0) is 15.6. The van der Waals surface area contributed by atoms with Gasteiger partial charge in [-0.3, -0.25) is 4.90 Å². The molecule has 5 nitrogen and oxygen atoms in total. The molecule has 0 heterocycles. The molecule has 0 rings (SSSR count).